The number of alkyl halides is 3. The maximum atomic E-state index is 13.3. The van der Waals surface area contributed by atoms with E-state index in [0.29, 0.717) is 0 Å². The lowest BCUT2D eigenvalue weighted by Crippen LogP contribution is -2.41. The Hall–Kier alpha value is -4.43. The number of rotatable bonds is 12. The minimum atomic E-state index is -5.15. The third-order valence-electron chi connectivity index (χ3n) is 5.41. The van der Waals surface area contributed by atoms with Crippen LogP contribution in [0.15, 0.2) is 29.1 Å². The Kier molecular flexibility index (Phi) is 9.35. The highest BCUT2D eigenvalue weighted by Gasteiger charge is 2.43. The average Bonchev–Trinajstić information content (AvgIpc) is 2.79. The molecule has 2 aromatic rings. The SMILES string of the molecule is Nc1nc(N)c(CCC[C@H](C(=O)C(F)(F)F)c2ccc(C(=O)NC(CCC(=O)O)C(=O)O)cc2)c(=O)[nH]1. The lowest BCUT2D eigenvalue weighted by Gasteiger charge is -2.19. The molecule has 0 bridgehead atoms. The first-order valence-electron chi connectivity index (χ1n) is 10.8. The number of hydrogen-bond acceptors (Lipinski definition) is 8. The van der Waals surface area contributed by atoms with Gasteiger partial charge in [-0.15, -0.1) is 0 Å². The minimum Gasteiger partial charge on any atom is -0.481 e. The van der Waals surface area contributed by atoms with Crippen molar-refractivity contribution in [1.82, 2.24) is 15.3 Å². The number of ketones is 1. The van der Waals surface area contributed by atoms with Gasteiger partial charge < -0.3 is 27.0 Å². The van der Waals surface area contributed by atoms with Crippen LogP contribution in [0.2, 0.25) is 0 Å². The number of aromatic amines is 1. The van der Waals surface area contributed by atoms with Crippen LogP contribution in [-0.2, 0) is 20.8 Å². The van der Waals surface area contributed by atoms with E-state index < -0.39 is 53.7 Å². The molecule has 1 aromatic carbocycles. The fourth-order valence-electron chi connectivity index (χ4n) is 3.54. The van der Waals surface area contributed by atoms with Crippen LogP contribution < -0.4 is 22.3 Å². The standard InChI is InChI=1S/C22H24F3N5O7/c23-22(24,25)16(33)12(2-1-3-13-17(26)29-21(27)30-19(13)35)10-4-6-11(7-5-10)18(34)28-14(20(36)37)8-9-15(31)32/h4-7,12,14H,1-3,8-9H2,(H,28,34)(H,31,32)(H,36,37)(H5,26,27,29,30,35)/t12-,14?/m0/s1. The zero-order valence-electron chi connectivity index (χ0n) is 19.2. The van der Waals surface area contributed by atoms with Gasteiger partial charge in [0.05, 0.1) is 11.5 Å². The number of carboxylic acid groups (broad SMARTS) is 2. The van der Waals surface area contributed by atoms with E-state index in [1.54, 1.807) is 0 Å². The van der Waals surface area contributed by atoms with Crippen LogP contribution >= 0.6 is 0 Å². The molecule has 0 saturated carbocycles. The molecule has 0 radical (unpaired) electrons. The van der Waals surface area contributed by atoms with Crippen molar-refractivity contribution in [1.29, 1.82) is 0 Å². The first kappa shape index (κ1) is 28.8. The first-order valence-corrected chi connectivity index (χ1v) is 10.8. The van der Waals surface area contributed by atoms with Crippen molar-refractivity contribution in [2.24, 2.45) is 0 Å². The van der Waals surface area contributed by atoms with Gasteiger partial charge in [0.15, 0.2) is 0 Å². The normalized spacial score (nSPS) is 12.9. The van der Waals surface area contributed by atoms with Crippen molar-refractivity contribution < 1.29 is 42.6 Å². The molecule has 200 valence electrons. The Morgan fingerprint density at radius 2 is 1.68 bits per heavy atom. The molecular weight excluding hydrogens is 503 g/mol. The minimum absolute atomic E-state index is 0.00955. The molecule has 0 saturated heterocycles. The lowest BCUT2D eigenvalue weighted by molar-refractivity contribution is -0.173. The van der Waals surface area contributed by atoms with Crippen LogP contribution in [0.1, 0.15) is 53.1 Å². The van der Waals surface area contributed by atoms with E-state index in [2.05, 4.69) is 15.3 Å². The van der Waals surface area contributed by atoms with Gasteiger partial charge >= 0.3 is 18.1 Å². The number of aromatic nitrogens is 2. The second-order valence-corrected chi connectivity index (χ2v) is 8.04. The summed E-state index contributed by atoms with van der Waals surface area (Å²) in [5.74, 6) is -7.70. The second-order valence-electron chi connectivity index (χ2n) is 8.04. The maximum Gasteiger partial charge on any atom is 0.450 e. The van der Waals surface area contributed by atoms with Gasteiger partial charge in [-0.1, -0.05) is 12.1 Å². The average molecular weight is 527 g/mol. The van der Waals surface area contributed by atoms with Crippen LogP contribution in [0.5, 0.6) is 0 Å². The zero-order chi connectivity index (χ0) is 27.9. The number of hydrogen-bond donors (Lipinski definition) is 6. The fraction of sp³-hybridized carbons (Fsp3) is 0.364. The van der Waals surface area contributed by atoms with Crippen LogP contribution in [0.4, 0.5) is 24.9 Å². The highest BCUT2D eigenvalue weighted by atomic mass is 19.4. The summed E-state index contributed by atoms with van der Waals surface area (Å²) in [5, 5.41) is 20.0. The van der Waals surface area contributed by atoms with Gasteiger partial charge in [0.25, 0.3) is 11.5 Å². The second kappa shape index (κ2) is 12.0. The summed E-state index contributed by atoms with van der Waals surface area (Å²) in [6, 6.07) is 2.99. The number of anilines is 2. The number of nitrogen functional groups attached to an aromatic ring is 2. The molecule has 0 aliphatic rings. The number of aliphatic carboxylic acids is 2. The van der Waals surface area contributed by atoms with E-state index >= 15 is 0 Å². The number of nitrogens with zero attached hydrogens (tertiary/aromatic N) is 1. The summed E-state index contributed by atoms with van der Waals surface area (Å²) >= 11 is 0. The van der Waals surface area contributed by atoms with Crippen molar-refractivity contribution in [3.05, 3.63) is 51.3 Å². The van der Waals surface area contributed by atoms with Gasteiger partial charge in [-0.25, -0.2) is 4.79 Å². The first-order chi connectivity index (χ1) is 17.2. The molecule has 8 N–H and O–H groups in total. The maximum absolute atomic E-state index is 13.3. The number of H-pyrrole nitrogens is 1. The summed E-state index contributed by atoms with van der Waals surface area (Å²) in [5.41, 5.74) is 10.2. The molecule has 0 spiro atoms. The molecule has 1 aromatic heterocycles. The molecule has 0 aliphatic heterocycles. The van der Waals surface area contributed by atoms with Gasteiger partial charge in [0, 0.05) is 12.0 Å². The van der Waals surface area contributed by atoms with Crippen molar-refractivity contribution in [3.63, 3.8) is 0 Å². The summed E-state index contributed by atoms with van der Waals surface area (Å²) in [6.07, 6.45) is -6.49. The number of Topliss-reactive ketones (excluding diaryl/α,β-unsaturated/α-hetero) is 1. The van der Waals surface area contributed by atoms with Gasteiger partial charge in [0.1, 0.15) is 11.9 Å². The van der Waals surface area contributed by atoms with Gasteiger partial charge in [0.2, 0.25) is 11.7 Å². The van der Waals surface area contributed by atoms with E-state index in [1.165, 1.54) is 0 Å². The van der Waals surface area contributed by atoms with Crippen LogP contribution in [-0.4, -0.2) is 56.0 Å². The Morgan fingerprint density at radius 1 is 1.05 bits per heavy atom. The summed E-state index contributed by atoms with van der Waals surface area (Å²) in [4.78, 5) is 64.3. The molecule has 2 rings (SSSR count). The molecule has 12 nitrogen and oxygen atoms in total. The Labute approximate surface area is 206 Å². The van der Waals surface area contributed by atoms with E-state index in [4.69, 9.17) is 21.7 Å². The van der Waals surface area contributed by atoms with Crippen molar-refractivity contribution in [2.75, 3.05) is 11.5 Å². The van der Waals surface area contributed by atoms with Crippen molar-refractivity contribution >= 4 is 35.4 Å². The smallest absolute Gasteiger partial charge is 0.450 e. The number of carbonyl (C=O) groups excluding carboxylic acids is 2. The fourth-order valence-corrected chi connectivity index (χ4v) is 3.54. The Morgan fingerprint density at radius 3 is 2.19 bits per heavy atom. The van der Waals surface area contributed by atoms with E-state index in [0.717, 1.165) is 24.3 Å². The highest BCUT2D eigenvalue weighted by Crippen LogP contribution is 2.32. The Bertz CT molecular complexity index is 1230. The highest BCUT2D eigenvalue weighted by molar-refractivity contribution is 5.97. The topological polar surface area (TPSA) is 219 Å². The summed E-state index contributed by atoms with van der Waals surface area (Å²) in [6.45, 7) is 0. The largest absolute Gasteiger partial charge is 0.481 e. The third-order valence-corrected chi connectivity index (χ3v) is 5.41. The molecule has 0 aliphatic carbocycles. The van der Waals surface area contributed by atoms with Crippen molar-refractivity contribution in [3.8, 4) is 0 Å². The number of benzene rings is 1. The molecule has 1 amide bonds. The molecule has 37 heavy (non-hydrogen) atoms. The number of carboxylic acids is 2. The predicted octanol–water partition coefficient (Wildman–Crippen LogP) is 1.22. The number of halogens is 3. The summed E-state index contributed by atoms with van der Waals surface area (Å²) < 4.78 is 39.8. The number of nitrogens with two attached hydrogens (primary N) is 2. The monoisotopic (exact) mass is 527 g/mol. The summed E-state index contributed by atoms with van der Waals surface area (Å²) in [7, 11) is 0. The zero-order valence-corrected chi connectivity index (χ0v) is 19.2. The van der Waals surface area contributed by atoms with Gasteiger partial charge in [-0.05, 0) is 43.4 Å². The lowest BCUT2D eigenvalue weighted by atomic mass is 9.88. The molecule has 1 unspecified atom stereocenters. The molecule has 0 fully saturated rings. The van der Waals surface area contributed by atoms with E-state index in [9.17, 15) is 37.1 Å². The molecule has 2 atom stereocenters. The quantitative estimate of drug-likeness (QED) is 0.232. The predicted molar refractivity (Wildman–Crippen MR) is 123 cm³/mol. The Balaban J connectivity index is 2.19. The van der Waals surface area contributed by atoms with Gasteiger partial charge in [-0.3, -0.25) is 24.2 Å². The van der Waals surface area contributed by atoms with Crippen LogP contribution in [0, 0.1) is 0 Å². The number of carbonyl (C=O) groups is 4. The van der Waals surface area contributed by atoms with E-state index in [1.807, 2.05) is 0 Å². The van der Waals surface area contributed by atoms with Crippen molar-refractivity contribution in [2.45, 2.75) is 50.2 Å². The molecular formula is C22H24F3N5O7. The van der Waals surface area contributed by atoms with E-state index in [-0.39, 0.29) is 54.1 Å². The van der Waals surface area contributed by atoms with Gasteiger partial charge in [-0.2, -0.15) is 18.2 Å². The van der Waals surface area contributed by atoms with Crippen LogP contribution in [0.25, 0.3) is 0 Å². The number of nitrogens with one attached hydrogen (secondary N) is 2. The molecule has 1 heterocycles. The molecule has 15 heteroatoms. The third kappa shape index (κ3) is 8.05. The van der Waals surface area contributed by atoms with Crippen LogP contribution in [0.3, 0.4) is 0 Å². The number of amides is 1.